The molecule has 1 aliphatic rings. The van der Waals surface area contributed by atoms with Crippen LogP contribution in [-0.2, 0) is 16.0 Å². The summed E-state index contributed by atoms with van der Waals surface area (Å²) in [7, 11) is 0. The molecule has 31 heavy (non-hydrogen) atoms. The topological polar surface area (TPSA) is 95.9 Å². The van der Waals surface area contributed by atoms with E-state index in [0.29, 0.717) is 10.0 Å². The van der Waals surface area contributed by atoms with Gasteiger partial charge in [0.2, 0.25) is 0 Å². The Kier molecular flexibility index (Phi) is 5.95. The second-order valence-corrected chi connectivity index (χ2v) is 8.25. The van der Waals surface area contributed by atoms with Crippen LogP contribution in [0.4, 0.5) is 4.79 Å². The van der Waals surface area contributed by atoms with Crippen LogP contribution in [0.5, 0.6) is 5.75 Å². The smallest absolute Gasteiger partial charge is 0.407 e. The number of hydrogen-bond donors (Lipinski definition) is 3. The number of halogens is 1. The van der Waals surface area contributed by atoms with E-state index in [9.17, 15) is 19.8 Å². The van der Waals surface area contributed by atoms with Crippen molar-refractivity contribution in [3.63, 3.8) is 0 Å². The number of ether oxygens (including phenoxy) is 1. The largest absolute Gasteiger partial charge is 0.508 e. The molecule has 0 saturated heterocycles. The van der Waals surface area contributed by atoms with Gasteiger partial charge in [-0.25, -0.2) is 9.59 Å². The summed E-state index contributed by atoms with van der Waals surface area (Å²) in [5.74, 6) is -1.37. The minimum Gasteiger partial charge on any atom is -0.508 e. The number of carbonyl (C=O) groups excluding carboxylic acids is 1. The minimum atomic E-state index is -1.24. The Morgan fingerprint density at radius 2 is 1.61 bits per heavy atom. The summed E-state index contributed by atoms with van der Waals surface area (Å²) in [5.41, 5.74) is 4.78. The highest BCUT2D eigenvalue weighted by Crippen LogP contribution is 2.44. The molecular formula is C24H20BrNO5. The number of amides is 1. The number of benzene rings is 3. The first-order chi connectivity index (χ1) is 14.9. The van der Waals surface area contributed by atoms with E-state index >= 15 is 0 Å². The maximum absolute atomic E-state index is 12.4. The third-order valence-electron chi connectivity index (χ3n) is 5.40. The Bertz CT molecular complexity index is 1100. The third kappa shape index (κ3) is 4.41. The van der Waals surface area contributed by atoms with Crippen LogP contribution in [0, 0.1) is 0 Å². The lowest BCUT2D eigenvalue weighted by Gasteiger charge is -2.18. The normalized spacial score (nSPS) is 13.2. The number of fused-ring (bicyclic) bond motifs is 3. The molecule has 6 nitrogen and oxygen atoms in total. The van der Waals surface area contributed by atoms with Gasteiger partial charge in [0.15, 0.2) is 0 Å². The summed E-state index contributed by atoms with van der Waals surface area (Å²) in [5, 5.41) is 21.9. The Labute approximate surface area is 187 Å². The molecule has 0 heterocycles. The first kappa shape index (κ1) is 20.9. The molecule has 0 bridgehead atoms. The van der Waals surface area contributed by atoms with E-state index in [2.05, 4.69) is 21.2 Å². The van der Waals surface area contributed by atoms with Crippen molar-refractivity contribution in [3.8, 4) is 16.9 Å². The highest BCUT2D eigenvalue weighted by Gasteiger charge is 2.30. The van der Waals surface area contributed by atoms with Gasteiger partial charge in [-0.3, -0.25) is 0 Å². The van der Waals surface area contributed by atoms with Crippen molar-refractivity contribution in [2.45, 2.75) is 18.4 Å². The number of phenolic OH excluding ortho intramolecular Hbond substituents is 1. The number of carboxylic acid groups (broad SMARTS) is 1. The quantitative estimate of drug-likeness (QED) is 0.474. The second-order valence-electron chi connectivity index (χ2n) is 7.34. The van der Waals surface area contributed by atoms with E-state index in [1.54, 1.807) is 12.1 Å². The number of hydrogen-bond acceptors (Lipinski definition) is 4. The summed E-state index contributed by atoms with van der Waals surface area (Å²) < 4.78 is 6.13. The van der Waals surface area contributed by atoms with E-state index in [1.165, 1.54) is 6.07 Å². The predicted octanol–water partition coefficient (Wildman–Crippen LogP) is 4.69. The van der Waals surface area contributed by atoms with Crippen LogP contribution in [-0.4, -0.2) is 34.9 Å². The molecule has 1 amide bonds. The van der Waals surface area contributed by atoms with E-state index in [-0.39, 0.29) is 24.7 Å². The van der Waals surface area contributed by atoms with Crippen LogP contribution in [0.25, 0.3) is 11.1 Å². The molecule has 0 aromatic heterocycles. The van der Waals surface area contributed by atoms with Crippen LogP contribution in [0.1, 0.15) is 22.6 Å². The highest BCUT2D eigenvalue weighted by molar-refractivity contribution is 9.10. The standard InChI is InChI=1S/C24H20BrNO5/c25-15-9-10-22(27)14(11-15)12-21(23(28)29)26-24(30)31-13-20-18-7-3-1-5-16(18)17-6-2-4-8-19(17)20/h1-11,20-21,27H,12-13H2,(H,26,30)(H,28,29). The molecule has 0 radical (unpaired) electrons. The highest BCUT2D eigenvalue weighted by atomic mass is 79.9. The van der Waals surface area contributed by atoms with Crippen LogP contribution in [0.15, 0.2) is 71.2 Å². The number of phenols is 1. The Hall–Kier alpha value is -3.32. The molecule has 1 unspecified atom stereocenters. The lowest BCUT2D eigenvalue weighted by Crippen LogP contribution is -2.42. The first-order valence-corrected chi connectivity index (χ1v) is 10.5. The lowest BCUT2D eigenvalue weighted by atomic mass is 9.98. The molecule has 1 atom stereocenters. The van der Waals surface area contributed by atoms with Gasteiger partial charge in [-0.2, -0.15) is 0 Å². The lowest BCUT2D eigenvalue weighted by molar-refractivity contribution is -0.139. The number of aliphatic carboxylic acids is 1. The number of rotatable bonds is 6. The minimum absolute atomic E-state index is 0.0382. The van der Waals surface area contributed by atoms with Gasteiger partial charge in [0.05, 0.1) is 0 Å². The molecule has 158 valence electrons. The molecule has 1 aliphatic carbocycles. The zero-order valence-corrected chi connectivity index (χ0v) is 18.0. The summed E-state index contributed by atoms with van der Waals surface area (Å²) in [4.78, 5) is 24.1. The third-order valence-corrected chi connectivity index (χ3v) is 5.89. The fourth-order valence-electron chi connectivity index (χ4n) is 3.92. The van der Waals surface area contributed by atoms with Crippen LogP contribution in [0.2, 0.25) is 0 Å². The SMILES string of the molecule is O=C(NC(Cc1cc(Br)ccc1O)C(=O)O)OCC1c2ccccc2-c2ccccc21. The van der Waals surface area contributed by atoms with Crippen molar-refractivity contribution < 1.29 is 24.5 Å². The average Bonchev–Trinajstić information content (AvgIpc) is 3.08. The average molecular weight is 482 g/mol. The molecule has 0 fully saturated rings. The summed E-state index contributed by atoms with van der Waals surface area (Å²) in [6.45, 7) is 0.0916. The molecule has 3 aromatic carbocycles. The molecule has 0 aliphatic heterocycles. The number of alkyl carbamates (subject to hydrolysis) is 1. The summed E-state index contributed by atoms with van der Waals surface area (Å²) in [6.07, 6.45) is -0.895. The number of carboxylic acids is 1. The second kappa shape index (κ2) is 8.81. The first-order valence-electron chi connectivity index (χ1n) is 9.75. The van der Waals surface area contributed by atoms with Gasteiger partial charge in [0, 0.05) is 16.8 Å². The van der Waals surface area contributed by atoms with Crippen molar-refractivity contribution in [1.29, 1.82) is 0 Å². The van der Waals surface area contributed by atoms with Gasteiger partial charge in [0.1, 0.15) is 18.4 Å². The van der Waals surface area contributed by atoms with Gasteiger partial charge in [-0.15, -0.1) is 0 Å². The van der Waals surface area contributed by atoms with Crippen molar-refractivity contribution in [2.24, 2.45) is 0 Å². The Morgan fingerprint density at radius 1 is 1.00 bits per heavy atom. The zero-order chi connectivity index (χ0) is 22.0. The van der Waals surface area contributed by atoms with Crippen molar-refractivity contribution in [3.05, 3.63) is 87.9 Å². The van der Waals surface area contributed by atoms with E-state index in [0.717, 1.165) is 22.3 Å². The van der Waals surface area contributed by atoms with Gasteiger partial charge < -0.3 is 20.3 Å². The van der Waals surface area contributed by atoms with Gasteiger partial charge in [0.25, 0.3) is 0 Å². The van der Waals surface area contributed by atoms with E-state index in [4.69, 9.17) is 4.74 Å². The van der Waals surface area contributed by atoms with Gasteiger partial charge in [-0.1, -0.05) is 64.5 Å². The number of carbonyl (C=O) groups is 2. The van der Waals surface area contributed by atoms with Gasteiger partial charge >= 0.3 is 12.1 Å². The van der Waals surface area contributed by atoms with Crippen molar-refractivity contribution >= 4 is 28.0 Å². The maximum Gasteiger partial charge on any atom is 0.407 e. The number of nitrogens with one attached hydrogen (secondary N) is 1. The molecule has 0 saturated carbocycles. The summed E-state index contributed by atoms with van der Waals surface area (Å²) >= 11 is 3.29. The predicted molar refractivity (Wildman–Crippen MR) is 119 cm³/mol. The fraction of sp³-hybridized carbons (Fsp3) is 0.167. The molecular weight excluding hydrogens is 462 g/mol. The van der Waals surface area contributed by atoms with Crippen molar-refractivity contribution in [2.75, 3.05) is 6.61 Å². The van der Waals surface area contributed by atoms with Crippen LogP contribution < -0.4 is 5.32 Å². The molecule has 7 heteroatoms. The number of aromatic hydroxyl groups is 1. The monoisotopic (exact) mass is 481 g/mol. The van der Waals surface area contributed by atoms with E-state index < -0.39 is 18.1 Å². The molecule has 4 rings (SSSR count). The Balaban J connectivity index is 1.45. The zero-order valence-electron chi connectivity index (χ0n) is 16.4. The molecule has 3 aromatic rings. The van der Waals surface area contributed by atoms with Crippen LogP contribution >= 0.6 is 15.9 Å². The molecule has 3 N–H and O–H groups in total. The fourth-order valence-corrected chi connectivity index (χ4v) is 4.33. The molecule has 0 spiro atoms. The Morgan fingerprint density at radius 3 is 2.23 bits per heavy atom. The van der Waals surface area contributed by atoms with Gasteiger partial charge in [-0.05, 0) is 46.0 Å². The van der Waals surface area contributed by atoms with Crippen molar-refractivity contribution in [1.82, 2.24) is 5.32 Å². The maximum atomic E-state index is 12.4. The van der Waals surface area contributed by atoms with Crippen LogP contribution in [0.3, 0.4) is 0 Å². The summed E-state index contributed by atoms with van der Waals surface area (Å²) in [6, 6.07) is 19.4. The van der Waals surface area contributed by atoms with E-state index in [1.807, 2.05) is 48.5 Å².